The standard InChI is InChI=1S/C25H25N5O2/c31-24-17-7-4-8-21-22(17)20(23(27-21)16-9-11-26-12-10-16)14-30(28-24)29-25(32)19-13-18(19)15-5-2-1-3-6-15/h1-9,14,18-19,23,26-27H,10-13H2,(H,28,31)(H,29,32)/t18-,19+,23?/m0/s1. The lowest BCUT2D eigenvalue weighted by molar-refractivity contribution is -0.126. The first kappa shape index (κ1) is 19.1. The van der Waals surface area contributed by atoms with Crippen molar-refractivity contribution in [2.24, 2.45) is 5.92 Å². The molecule has 0 radical (unpaired) electrons. The molecule has 4 aliphatic rings. The summed E-state index contributed by atoms with van der Waals surface area (Å²) in [6.07, 6.45) is 5.83. The van der Waals surface area contributed by atoms with E-state index in [0.29, 0.717) is 5.56 Å². The van der Waals surface area contributed by atoms with Crippen LogP contribution in [0.5, 0.6) is 0 Å². The predicted molar refractivity (Wildman–Crippen MR) is 122 cm³/mol. The molecule has 0 spiro atoms. The molecule has 1 saturated carbocycles. The van der Waals surface area contributed by atoms with Gasteiger partial charge < -0.3 is 10.6 Å². The quantitative estimate of drug-likeness (QED) is 0.564. The lowest BCUT2D eigenvalue weighted by Gasteiger charge is -2.24. The Kier molecular flexibility index (Phi) is 4.50. The van der Waals surface area contributed by atoms with Crippen LogP contribution < -0.4 is 21.5 Å². The van der Waals surface area contributed by atoms with Gasteiger partial charge in [0.2, 0.25) is 5.91 Å². The van der Waals surface area contributed by atoms with E-state index in [-0.39, 0.29) is 29.7 Å². The second-order valence-corrected chi connectivity index (χ2v) is 8.77. The van der Waals surface area contributed by atoms with Gasteiger partial charge in [0.05, 0.1) is 17.8 Å². The number of hydrogen-bond acceptors (Lipinski definition) is 5. The number of nitrogens with one attached hydrogen (secondary N) is 4. The molecule has 3 atom stereocenters. The van der Waals surface area contributed by atoms with Crippen molar-refractivity contribution in [2.45, 2.75) is 24.8 Å². The van der Waals surface area contributed by atoms with Crippen LogP contribution in [0.4, 0.5) is 5.69 Å². The van der Waals surface area contributed by atoms with Gasteiger partial charge in [0.25, 0.3) is 5.91 Å². The highest BCUT2D eigenvalue weighted by Gasteiger charge is 2.45. The van der Waals surface area contributed by atoms with E-state index in [1.807, 2.05) is 42.6 Å². The number of carbonyl (C=O) groups excluding carboxylic acids is 2. The van der Waals surface area contributed by atoms with Gasteiger partial charge in [-0.05, 0) is 48.6 Å². The van der Waals surface area contributed by atoms with Crippen LogP contribution in [-0.4, -0.2) is 36.1 Å². The summed E-state index contributed by atoms with van der Waals surface area (Å²) in [6, 6.07) is 15.8. The summed E-state index contributed by atoms with van der Waals surface area (Å²) in [5.41, 5.74) is 11.7. The number of carbonyl (C=O) groups is 2. The Bertz CT molecular complexity index is 1160. The molecule has 7 heteroatoms. The van der Waals surface area contributed by atoms with Crippen LogP contribution in [0.2, 0.25) is 0 Å². The number of benzene rings is 2. The van der Waals surface area contributed by atoms with Gasteiger partial charge in [-0.2, -0.15) is 5.12 Å². The van der Waals surface area contributed by atoms with Crippen molar-refractivity contribution in [1.82, 2.24) is 21.3 Å². The topological polar surface area (TPSA) is 85.5 Å². The largest absolute Gasteiger partial charge is 0.374 e. The van der Waals surface area contributed by atoms with Gasteiger partial charge in [0.15, 0.2) is 0 Å². The zero-order chi connectivity index (χ0) is 21.7. The molecule has 1 aliphatic carbocycles. The molecule has 162 valence electrons. The smallest absolute Gasteiger partial charge is 0.272 e. The van der Waals surface area contributed by atoms with Crippen LogP contribution in [0.15, 0.2) is 66.4 Å². The van der Waals surface area contributed by atoms with E-state index in [1.54, 1.807) is 0 Å². The van der Waals surface area contributed by atoms with Crippen LogP contribution in [-0.2, 0) is 4.79 Å². The van der Waals surface area contributed by atoms with Crippen molar-refractivity contribution in [1.29, 1.82) is 0 Å². The first-order valence-corrected chi connectivity index (χ1v) is 11.2. The van der Waals surface area contributed by atoms with E-state index >= 15 is 0 Å². The fraction of sp³-hybridized carbons (Fsp3) is 0.280. The third kappa shape index (κ3) is 3.26. The van der Waals surface area contributed by atoms with Crippen molar-refractivity contribution in [3.63, 3.8) is 0 Å². The Morgan fingerprint density at radius 1 is 1.09 bits per heavy atom. The molecule has 7 nitrogen and oxygen atoms in total. The molecular weight excluding hydrogens is 402 g/mol. The number of rotatable bonds is 4. The Morgan fingerprint density at radius 2 is 1.97 bits per heavy atom. The van der Waals surface area contributed by atoms with Gasteiger partial charge in [-0.25, -0.2) is 10.9 Å². The monoisotopic (exact) mass is 427 g/mol. The number of hydrazine groups is 2. The molecule has 3 heterocycles. The highest BCUT2D eigenvalue weighted by Crippen LogP contribution is 2.47. The normalized spacial score (nSPS) is 25.6. The van der Waals surface area contributed by atoms with E-state index in [1.165, 1.54) is 16.3 Å². The fourth-order valence-corrected chi connectivity index (χ4v) is 5.04. The second-order valence-electron chi connectivity index (χ2n) is 8.77. The molecule has 0 saturated heterocycles. The molecule has 4 N–H and O–H groups in total. The van der Waals surface area contributed by atoms with E-state index in [4.69, 9.17) is 0 Å². The minimum atomic E-state index is -0.231. The van der Waals surface area contributed by atoms with Crippen molar-refractivity contribution >= 4 is 23.1 Å². The van der Waals surface area contributed by atoms with Gasteiger partial charge in [0, 0.05) is 29.3 Å². The lowest BCUT2D eigenvalue weighted by Crippen LogP contribution is -2.50. The first-order valence-electron chi connectivity index (χ1n) is 11.2. The summed E-state index contributed by atoms with van der Waals surface area (Å²) in [6.45, 7) is 1.77. The van der Waals surface area contributed by atoms with Crippen LogP contribution >= 0.6 is 0 Å². The SMILES string of the molecule is O=C1NN(NC(=O)[C@@H]2C[C@H]2c2ccccc2)C=C2c3c(cccc31)NC2C1=CCNCC1. The number of anilines is 1. The van der Waals surface area contributed by atoms with E-state index in [9.17, 15) is 9.59 Å². The highest BCUT2D eigenvalue weighted by atomic mass is 16.2. The average Bonchev–Trinajstić information content (AvgIpc) is 3.57. The molecule has 3 aliphatic heterocycles. The maximum atomic E-state index is 13.0. The molecular formula is C25H25N5O2. The summed E-state index contributed by atoms with van der Waals surface area (Å²) in [5.74, 6) is -0.161. The molecule has 32 heavy (non-hydrogen) atoms. The molecule has 1 fully saturated rings. The average molecular weight is 428 g/mol. The molecule has 2 aromatic rings. The molecule has 2 aromatic carbocycles. The van der Waals surface area contributed by atoms with Gasteiger partial charge in [-0.15, -0.1) is 0 Å². The number of hydrogen-bond donors (Lipinski definition) is 4. The van der Waals surface area contributed by atoms with Crippen molar-refractivity contribution < 1.29 is 9.59 Å². The third-order valence-electron chi connectivity index (χ3n) is 6.75. The highest BCUT2D eigenvalue weighted by molar-refractivity contribution is 6.05. The summed E-state index contributed by atoms with van der Waals surface area (Å²) in [4.78, 5) is 26.0. The van der Waals surface area contributed by atoms with E-state index in [2.05, 4.69) is 39.7 Å². The Labute approximate surface area is 186 Å². The van der Waals surface area contributed by atoms with Gasteiger partial charge in [-0.3, -0.25) is 9.59 Å². The van der Waals surface area contributed by atoms with Crippen molar-refractivity contribution in [3.05, 3.63) is 83.1 Å². The van der Waals surface area contributed by atoms with Crippen LogP contribution in [0.3, 0.4) is 0 Å². The van der Waals surface area contributed by atoms with Crippen LogP contribution in [0.1, 0.15) is 40.2 Å². The summed E-state index contributed by atoms with van der Waals surface area (Å²) < 4.78 is 0. The Balaban J connectivity index is 1.28. The van der Waals surface area contributed by atoms with Crippen LogP contribution in [0.25, 0.3) is 5.57 Å². The third-order valence-corrected chi connectivity index (χ3v) is 6.75. The zero-order valence-electron chi connectivity index (χ0n) is 17.6. The van der Waals surface area contributed by atoms with E-state index in [0.717, 1.165) is 42.8 Å². The van der Waals surface area contributed by atoms with Crippen molar-refractivity contribution in [3.8, 4) is 0 Å². The summed E-state index contributed by atoms with van der Waals surface area (Å²) in [7, 11) is 0. The molecule has 1 unspecified atom stereocenters. The summed E-state index contributed by atoms with van der Waals surface area (Å²) >= 11 is 0. The predicted octanol–water partition coefficient (Wildman–Crippen LogP) is 2.54. The van der Waals surface area contributed by atoms with E-state index < -0.39 is 0 Å². The first-order chi connectivity index (χ1) is 15.7. The van der Waals surface area contributed by atoms with Gasteiger partial charge >= 0.3 is 0 Å². The number of amides is 2. The minimum Gasteiger partial charge on any atom is -0.374 e. The maximum Gasteiger partial charge on any atom is 0.272 e. The lowest BCUT2D eigenvalue weighted by atomic mass is 9.91. The molecule has 0 aromatic heterocycles. The van der Waals surface area contributed by atoms with Gasteiger partial charge in [0.1, 0.15) is 0 Å². The molecule has 2 amide bonds. The summed E-state index contributed by atoms with van der Waals surface area (Å²) in [5, 5.41) is 8.39. The minimum absolute atomic E-state index is 0.0154. The van der Waals surface area contributed by atoms with Crippen molar-refractivity contribution in [2.75, 3.05) is 18.4 Å². The number of nitrogens with zero attached hydrogens (tertiary/aromatic N) is 1. The maximum absolute atomic E-state index is 13.0. The van der Waals surface area contributed by atoms with Gasteiger partial charge in [-0.1, -0.05) is 42.5 Å². The Hall–Kier alpha value is -3.58. The Morgan fingerprint density at radius 3 is 2.78 bits per heavy atom. The van der Waals surface area contributed by atoms with Crippen LogP contribution in [0, 0.1) is 5.92 Å². The molecule has 0 bridgehead atoms. The molecule has 6 rings (SSSR count). The fourth-order valence-electron chi connectivity index (χ4n) is 5.04. The second kappa shape index (κ2) is 7.53. The zero-order valence-corrected chi connectivity index (χ0v) is 17.6.